The number of aliphatic hydroxyl groups excluding tert-OH is 1. The molecule has 0 saturated carbocycles. The number of hydrogen-bond donors (Lipinski definition) is 1. The van der Waals surface area contributed by atoms with Crippen LogP contribution in [0.1, 0.15) is 5.56 Å². The van der Waals surface area contributed by atoms with Gasteiger partial charge in [0, 0.05) is 0 Å². The van der Waals surface area contributed by atoms with E-state index in [-0.39, 0.29) is 6.61 Å². The van der Waals surface area contributed by atoms with Crippen molar-refractivity contribution in [3.8, 4) is 0 Å². The summed E-state index contributed by atoms with van der Waals surface area (Å²) in [5.74, 6) is 0. The zero-order chi connectivity index (χ0) is 14.4. The molecule has 1 nitrogen and oxygen atoms in total. The number of benzene rings is 2. The van der Waals surface area contributed by atoms with Gasteiger partial charge >= 0.3 is 0 Å². The van der Waals surface area contributed by atoms with Crippen molar-refractivity contribution in [2.24, 2.45) is 0 Å². The second-order valence-corrected chi connectivity index (χ2v) is 9.59. The molecule has 0 aliphatic heterocycles. The summed E-state index contributed by atoms with van der Waals surface area (Å²) in [5.41, 5.74) is 4.52. The van der Waals surface area contributed by atoms with E-state index in [1.165, 1.54) is 15.9 Å². The summed E-state index contributed by atoms with van der Waals surface area (Å²) in [6.07, 6.45) is 1.71. The van der Waals surface area contributed by atoms with Crippen molar-refractivity contribution >= 4 is 18.5 Å². The maximum absolute atomic E-state index is 9.08. The van der Waals surface area contributed by atoms with E-state index in [1.54, 1.807) is 6.08 Å². The Morgan fingerprint density at radius 3 is 2.10 bits per heavy atom. The van der Waals surface area contributed by atoms with E-state index in [0.717, 1.165) is 0 Å². The summed E-state index contributed by atoms with van der Waals surface area (Å²) < 4.78 is 0. The molecule has 20 heavy (non-hydrogen) atoms. The van der Waals surface area contributed by atoms with E-state index in [0.29, 0.717) is 0 Å². The lowest BCUT2D eigenvalue weighted by Crippen LogP contribution is -2.42. The Balaban J connectivity index is 2.56. The molecular weight excluding hydrogens is 260 g/mol. The Morgan fingerprint density at radius 2 is 1.55 bits per heavy atom. The van der Waals surface area contributed by atoms with Crippen LogP contribution in [-0.2, 0) is 0 Å². The van der Waals surface area contributed by atoms with Crippen molar-refractivity contribution in [2.45, 2.75) is 13.1 Å². The van der Waals surface area contributed by atoms with E-state index in [1.807, 2.05) is 24.3 Å². The van der Waals surface area contributed by atoms with Gasteiger partial charge in [0.15, 0.2) is 0 Å². The summed E-state index contributed by atoms with van der Waals surface area (Å²) >= 11 is 0. The van der Waals surface area contributed by atoms with Crippen LogP contribution >= 0.6 is 0 Å². The van der Waals surface area contributed by atoms with Crippen LogP contribution in [0, 0.1) is 0 Å². The zero-order valence-electron chi connectivity index (χ0n) is 12.0. The Kier molecular flexibility index (Phi) is 4.75. The minimum Gasteiger partial charge on any atom is -0.392 e. The largest absolute Gasteiger partial charge is 0.392 e. The van der Waals surface area contributed by atoms with Gasteiger partial charge in [0.2, 0.25) is 0 Å². The summed E-state index contributed by atoms with van der Waals surface area (Å²) in [4.78, 5) is 0. The van der Waals surface area contributed by atoms with Gasteiger partial charge in [-0.2, -0.15) is 0 Å². The summed E-state index contributed by atoms with van der Waals surface area (Å²) in [7, 11) is -1.82. The lowest BCUT2D eigenvalue weighted by molar-refractivity contribution is 0.343. The Bertz CT molecular complexity index is 608. The molecule has 0 unspecified atom stereocenters. The van der Waals surface area contributed by atoms with Crippen LogP contribution in [0.15, 0.2) is 72.5 Å². The highest BCUT2D eigenvalue weighted by Gasteiger charge is 2.29. The normalized spacial score (nSPS) is 10.8. The molecule has 0 atom stereocenters. The number of hydrogen-bond acceptors (Lipinski definition) is 1. The zero-order valence-corrected chi connectivity index (χ0v) is 13.0. The van der Waals surface area contributed by atoms with E-state index in [4.69, 9.17) is 5.11 Å². The quantitative estimate of drug-likeness (QED) is 0.672. The molecule has 0 spiro atoms. The highest BCUT2D eigenvalue weighted by Crippen LogP contribution is 2.24. The molecule has 0 aromatic heterocycles. The third-order valence-electron chi connectivity index (χ3n) is 3.52. The van der Waals surface area contributed by atoms with Crippen LogP contribution in [0.5, 0.6) is 0 Å². The molecule has 1 N–H and O–H groups in total. The van der Waals surface area contributed by atoms with Crippen LogP contribution in [0.4, 0.5) is 0 Å². The molecule has 0 bridgehead atoms. The van der Waals surface area contributed by atoms with Gasteiger partial charge in [-0.15, -0.1) is 5.73 Å². The van der Waals surface area contributed by atoms with Crippen molar-refractivity contribution in [1.29, 1.82) is 0 Å². The van der Waals surface area contributed by atoms with Crippen molar-refractivity contribution in [1.82, 2.24) is 0 Å². The standard InChI is InChI=1S/C18H20OSi/c1-20(2,17-12-7-4-8-13-17)18(14-9-15-19)16-10-5-3-6-11-16/h3-13,19H,15H2,1-2H3. The molecule has 0 radical (unpaired) electrons. The molecule has 2 rings (SSSR count). The molecule has 0 fully saturated rings. The Labute approximate surface area is 121 Å². The fourth-order valence-corrected chi connectivity index (χ4v) is 5.04. The summed E-state index contributed by atoms with van der Waals surface area (Å²) in [5, 5.41) is 11.7. The predicted octanol–water partition coefficient (Wildman–Crippen LogP) is 3.37. The molecule has 0 saturated heterocycles. The van der Waals surface area contributed by atoms with Crippen LogP contribution in [-0.4, -0.2) is 19.8 Å². The summed E-state index contributed by atoms with van der Waals surface area (Å²) in [6, 6.07) is 20.9. The van der Waals surface area contributed by atoms with Crippen molar-refractivity contribution in [3.05, 3.63) is 78.0 Å². The van der Waals surface area contributed by atoms with Crippen LogP contribution < -0.4 is 5.19 Å². The lowest BCUT2D eigenvalue weighted by Gasteiger charge is -2.25. The predicted molar refractivity (Wildman–Crippen MR) is 88.6 cm³/mol. The monoisotopic (exact) mass is 280 g/mol. The van der Waals surface area contributed by atoms with Crippen molar-refractivity contribution in [3.63, 3.8) is 0 Å². The maximum Gasteiger partial charge on any atom is 0.122 e. The van der Waals surface area contributed by atoms with Gasteiger partial charge in [0.1, 0.15) is 8.07 Å². The van der Waals surface area contributed by atoms with Crippen LogP contribution in [0.25, 0.3) is 5.20 Å². The van der Waals surface area contributed by atoms with Gasteiger partial charge in [-0.1, -0.05) is 78.9 Å². The second kappa shape index (κ2) is 6.53. The fraction of sp³-hybridized carbons (Fsp3) is 0.167. The first kappa shape index (κ1) is 14.5. The van der Waals surface area contributed by atoms with Gasteiger partial charge in [0.25, 0.3) is 0 Å². The SMILES string of the molecule is C[Si](C)(C(=C=CCO)c1ccccc1)c1ccccc1. The smallest absolute Gasteiger partial charge is 0.122 e. The maximum atomic E-state index is 9.08. The van der Waals surface area contributed by atoms with Gasteiger partial charge in [0.05, 0.1) is 6.61 Å². The minimum atomic E-state index is -1.82. The third kappa shape index (κ3) is 3.17. The molecule has 0 heterocycles. The average molecular weight is 280 g/mol. The van der Waals surface area contributed by atoms with Gasteiger partial charge in [-0.25, -0.2) is 0 Å². The Hall–Kier alpha value is -1.86. The summed E-state index contributed by atoms with van der Waals surface area (Å²) in [6.45, 7) is 4.67. The Morgan fingerprint density at radius 1 is 1.00 bits per heavy atom. The molecular formula is C18H20OSi. The van der Waals surface area contributed by atoms with Crippen LogP contribution in [0.3, 0.4) is 0 Å². The molecule has 102 valence electrons. The minimum absolute atomic E-state index is 0.0234. The lowest BCUT2D eigenvalue weighted by atomic mass is 10.2. The van der Waals surface area contributed by atoms with E-state index >= 15 is 0 Å². The first-order valence-electron chi connectivity index (χ1n) is 6.83. The highest BCUT2D eigenvalue weighted by atomic mass is 28.3. The molecule has 2 aromatic carbocycles. The molecule has 2 aromatic rings. The molecule has 2 heteroatoms. The van der Waals surface area contributed by atoms with Gasteiger partial charge < -0.3 is 5.11 Å². The van der Waals surface area contributed by atoms with Gasteiger partial charge in [-0.3, -0.25) is 0 Å². The number of aliphatic hydroxyl groups is 1. The molecule has 0 aliphatic rings. The van der Waals surface area contributed by atoms with Crippen LogP contribution in [0.2, 0.25) is 13.1 Å². The van der Waals surface area contributed by atoms with Crippen molar-refractivity contribution < 1.29 is 5.11 Å². The number of rotatable bonds is 4. The third-order valence-corrected chi connectivity index (χ3v) is 6.98. The average Bonchev–Trinajstić information content (AvgIpc) is 2.49. The second-order valence-electron chi connectivity index (χ2n) is 5.26. The fourth-order valence-electron chi connectivity index (χ4n) is 2.38. The van der Waals surface area contributed by atoms with E-state index in [2.05, 4.69) is 55.2 Å². The topological polar surface area (TPSA) is 20.2 Å². The van der Waals surface area contributed by atoms with Crippen molar-refractivity contribution in [2.75, 3.05) is 6.61 Å². The van der Waals surface area contributed by atoms with Gasteiger partial charge in [-0.05, 0) is 16.8 Å². The first-order valence-corrected chi connectivity index (χ1v) is 9.83. The van der Waals surface area contributed by atoms with E-state index < -0.39 is 8.07 Å². The highest BCUT2D eigenvalue weighted by molar-refractivity contribution is 7.04. The van der Waals surface area contributed by atoms with E-state index in [9.17, 15) is 0 Å². The molecule has 0 amide bonds. The first-order chi connectivity index (χ1) is 9.66. The molecule has 0 aliphatic carbocycles.